The topological polar surface area (TPSA) is 39.1 Å². The molecule has 1 aromatic heterocycles. The number of hydrogen-bond donors (Lipinski definition) is 1. The number of hydrogen-bond acceptors (Lipinski definition) is 3. The molecule has 0 bridgehead atoms. The van der Waals surface area contributed by atoms with Gasteiger partial charge in [0.15, 0.2) is 0 Å². The highest BCUT2D eigenvalue weighted by molar-refractivity contribution is 6.31. The summed E-state index contributed by atoms with van der Waals surface area (Å²) in [5, 5.41) is 8.67. The van der Waals surface area contributed by atoms with Crippen LogP contribution in [-0.4, -0.2) is 29.5 Å². The van der Waals surface area contributed by atoms with E-state index in [1.165, 1.54) is 0 Å². The molecular formula is C13H24ClN3O. The molecule has 0 aliphatic heterocycles. The zero-order valence-corrected chi connectivity index (χ0v) is 12.7. The molecule has 1 heterocycles. The van der Waals surface area contributed by atoms with Gasteiger partial charge in [0.1, 0.15) is 0 Å². The molecule has 104 valence electrons. The van der Waals surface area contributed by atoms with Crippen molar-refractivity contribution < 1.29 is 4.74 Å². The van der Waals surface area contributed by atoms with Crippen LogP contribution in [0.3, 0.4) is 0 Å². The van der Waals surface area contributed by atoms with E-state index in [9.17, 15) is 0 Å². The third kappa shape index (κ3) is 3.70. The lowest BCUT2D eigenvalue weighted by molar-refractivity contribution is 0.146. The molecule has 0 aromatic carbocycles. The largest absolute Gasteiger partial charge is 0.383 e. The van der Waals surface area contributed by atoms with Crippen molar-refractivity contribution in [2.45, 2.75) is 46.8 Å². The van der Waals surface area contributed by atoms with Gasteiger partial charge in [0, 0.05) is 26.2 Å². The third-order valence-corrected chi connectivity index (χ3v) is 3.63. The van der Waals surface area contributed by atoms with Crippen molar-refractivity contribution in [3.63, 3.8) is 0 Å². The number of aromatic nitrogens is 2. The van der Waals surface area contributed by atoms with Crippen LogP contribution < -0.4 is 5.32 Å². The van der Waals surface area contributed by atoms with Gasteiger partial charge in [-0.05, 0) is 19.8 Å². The molecule has 0 saturated heterocycles. The van der Waals surface area contributed by atoms with Gasteiger partial charge in [-0.15, -0.1) is 0 Å². The fourth-order valence-electron chi connectivity index (χ4n) is 1.93. The second kappa shape index (κ2) is 7.12. The highest BCUT2D eigenvalue weighted by atomic mass is 35.5. The lowest BCUT2D eigenvalue weighted by atomic mass is 10.1. The number of ether oxygens (including phenoxy) is 1. The maximum atomic E-state index is 6.28. The highest BCUT2D eigenvalue weighted by Gasteiger charge is 2.16. The fourth-order valence-corrected chi connectivity index (χ4v) is 2.13. The minimum Gasteiger partial charge on any atom is -0.383 e. The standard InChI is InChI=1S/C13H24ClN3O/c1-6-17-12(13(14)10(4)16-17)7-15-11(8-18-5)9(2)3/h9,11,15H,6-8H2,1-5H3. The van der Waals surface area contributed by atoms with E-state index in [4.69, 9.17) is 16.3 Å². The molecule has 0 radical (unpaired) electrons. The van der Waals surface area contributed by atoms with Crippen molar-refractivity contribution in [2.24, 2.45) is 5.92 Å². The molecule has 0 aliphatic rings. The number of methoxy groups -OCH3 is 1. The molecule has 1 unspecified atom stereocenters. The van der Waals surface area contributed by atoms with Crippen LogP contribution in [0, 0.1) is 12.8 Å². The Labute approximate surface area is 115 Å². The highest BCUT2D eigenvalue weighted by Crippen LogP contribution is 2.20. The van der Waals surface area contributed by atoms with Crippen molar-refractivity contribution in [1.82, 2.24) is 15.1 Å². The summed E-state index contributed by atoms with van der Waals surface area (Å²) in [5.41, 5.74) is 1.95. The first-order valence-corrected chi connectivity index (χ1v) is 6.83. The molecule has 0 aliphatic carbocycles. The van der Waals surface area contributed by atoms with Crippen LogP contribution in [-0.2, 0) is 17.8 Å². The quantitative estimate of drug-likeness (QED) is 0.830. The summed E-state index contributed by atoms with van der Waals surface area (Å²) in [4.78, 5) is 0. The van der Waals surface area contributed by atoms with Gasteiger partial charge in [-0.2, -0.15) is 5.10 Å². The van der Waals surface area contributed by atoms with Crippen molar-refractivity contribution in [3.05, 3.63) is 16.4 Å². The first kappa shape index (κ1) is 15.5. The van der Waals surface area contributed by atoms with Gasteiger partial charge in [-0.3, -0.25) is 4.68 Å². The van der Waals surface area contributed by atoms with Crippen molar-refractivity contribution in [2.75, 3.05) is 13.7 Å². The van der Waals surface area contributed by atoms with Crippen LogP contribution in [0.5, 0.6) is 0 Å². The average Bonchev–Trinajstić information content (AvgIpc) is 2.60. The molecule has 4 nitrogen and oxygen atoms in total. The summed E-state index contributed by atoms with van der Waals surface area (Å²) in [6.07, 6.45) is 0. The van der Waals surface area contributed by atoms with E-state index in [1.807, 2.05) is 11.6 Å². The van der Waals surface area contributed by atoms with Crippen LogP contribution in [0.15, 0.2) is 0 Å². The summed E-state index contributed by atoms with van der Waals surface area (Å²) in [5.74, 6) is 0.517. The van der Waals surface area contributed by atoms with Gasteiger partial charge >= 0.3 is 0 Å². The van der Waals surface area contributed by atoms with E-state index in [-0.39, 0.29) is 0 Å². The van der Waals surface area contributed by atoms with Crippen LogP contribution in [0.2, 0.25) is 5.02 Å². The monoisotopic (exact) mass is 273 g/mol. The predicted octanol–water partition coefficient (Wildman–Crippen LogP) is 2.63. The number of rotatable bonds is 7. The van der Waals surface area contributed by atoms with E-state index >= 15 is 0 Å². The molecule has 1 atom stereocenters. The Morgan fingerprint density at radius 1 is 1.44 bits per heavy atom. The second-order valence-corrected chi connectivity index (χ2v) is 5.23. The molecular weight excluding hydrogens is 250 g/mol. The number of nitrogens with zero attached hydrogens (tertiary/aromatic N) is 2. The smallest absolute Gasteiger partial charge is 0.0860 e. The maximum absolute atomic E-state index is 6.28. The normalized spacial score (nSPS) is 13.3. The zero-order chi connectivity index (χ0) is 13.7. The molecule has 1 rings (SSSR count). The maximum Gasteiger partial charge on any atom is 0.0860 e. The lowest BCUT2D eigenvalue weighted by Crippen LogP contribution is -2.37. The van der Waals surface area contributed by atoms with Crippen LogP contribution in [0.25, 0.3) is 0 Å². The number of aryl methyl sites for hydroxylation is 2. The summed E-state index contributed by atoms with van der Waals surface area (Å²) in [6, 6.07) is 0.326. The fraction of sp³-hybridized carbons (Fsp3) is 0.769. The molecule has 5 heteroatoms. The first-order valence-electron chi connectivity index (χ1n) is 6.45. The van der Waals surface area contributed by atoms with E-state index in [0.29, 0.717) is 18.6 Å². The van der Waals surface area contributed by atoms with E-state index < -0.39 is 0 Å². The Bertz CT molecular complexity index is 377. The average molecular weight is 274 g/mol. The van der Waals surface area contributed by atoms with Crippen LogP contribution in [0.4, 0.5) is 0 Å². The SMILES string of the molecule is CCn1nc(C)c(Cl)c1CNC(COC)C(C)C. The predicted molar refractivity (Wildman–Crippen MR) is 75.0 cm³/mol. The molecule has 1 aromatic rings. The Balaban J connectivity index is 2.72. The van der Waals surface area contributed by atoms with E-state index in [2.05, 4.69) is 31.2 Å². The third-order valence-electron chi connectivity index (χ3n) is 3.14. The van der Waals surface area contributed by atoms with Gasteiger partial charge in [-0.25, -0.2) is 0 Å². The molecule has 0 saturated carbocycles. The molecule has 0 spiro atoms. The summed E-state index contributed by atoms with van der Waals surface area (Å²) >= 11 is 6.28. The van der Waals surface area contributed by atoms with Gasteiger partial charge in [-0.1, -0.05) is 25.4 Å². The second-order valence-electron chi connectivity index (χ2n) is 4.85. The number of nitrogens with one attached hydrogen (secondary N) is 1. The Morgan fingerprint density at radius 2 is 2.11 bits per heavy atom. The first-order chi connectivity index (χ1) is 8.51. The zero-order valence-electron chi connectivity index (χ0n) is 12.0. The van der Waals surface area contributed by atoms with Gasteiger partial charge in [0.05, 0.1) is 23.0 Å². The minimum absolute atomic E-state index is 0.326. The summed E-state index contributed by atoms with van der Waals surface area (Å²) < 4.78 is 7.18. The Kier molecular flexibility index (Phi) is 6.12. The van der Waals surface area contributed by atoms with Gasteiger partial charge in [0.2, 0.25) is 0 Å². The Morgan fingerprint density at radius 3 is 2.61 bits per heavy atom. The minimum atomic E-state index is 0.326. The van der Waals surface area contributed by atoms with E-state index in [1.54, 1.807) is 7.11 Å². The summed E-state index contributed by atoms with van der Waals surface area (Å²) in [7, 11) is 1.73. The van der Waals surface area contributed by atoms with Crippen molar-refractivity contribution in [1.29, 1.82) is 0 Å². The van der Waals surface area contributed by atoms with Crippen molar-refractivity contribution in [3.8, 4) is 0 Å². The van der Waals surface area contributed by atoms with Crippen LogP contribution in [0.1, 0.15) is 32.2 Å². The number of halogens is 1. The summed E-state index contributed by atoms with van der Waals surface area (Å²) in [6.45, 7) is 10.6. The molecule has 0 fully saturated rings. The lowest BCUT2D eigenvalue weighted by Gasteiger charge is -2.21. The van der Waals surface area contributed by atoms with Gasteiger partial charge in [0.25, 0.3) is 0 Å². The van der Waals surface area contributed by atoms with Crippen molar-refractivity contribution >= 4 is 11.6 Å². The molecule has 0 amide bonds. The van der Waals surface area contributed by atoms with Gasteiger partial charge < -0.3 is 10.1 Å². The molecule has 18 heavy (non-hydrogen) atoms. The Hall–Kier alpha value is -0.580. The van der Waals surface area contributed by atoms with E-state index in [0.717, 1.165) is 29.5 Å². The van der Waals surface area contributed by atoms with Crippen LogP contribution >= 0.6 is 11.6 Å². The molecule has 1 N–H and O–H groups in total.